The van der Waals surface area contributed by atoms with E-state index >= 15 is 0 Å². The monoisotopic (exact) mass is 1020 g/mol. The summed E-state index contributed by atoms with van der Waals surface area (Å²) in [7, 11) is 0. The molecule has 2 nitrogen and oxygen atoms in total. The van der Waals surface area contributed by atoms with Gasteiger partial charge in [0.25, 0.3) is 0 Å². The Morgan fingerprint density at radius 2 is 0.662 bits per heavy atom. The number of hydrogen-bond donors (Lipinski definition) is 0. The third kappa shape index (κ3) is 7.69. The highest BCUT2D eigenvalue weighted by Gasteiger charge is 2.44. The lowest BCUT2D eigenvalue weighted by Gasteiger charge is -2.36. The van der Waals surface area contributed by atoms with Gasteiger partial charge in [0, 0.05) is 38.3 Å². The molecule has 14 aromatic rings. The molecular formula is C78H56N2. The molecule has 2 heterocycles. The average molecular weight is 1020 g/mol. The fourth-order valence-corrected chi connectivity index (χ4v) is 13.9. The van der Waals surface area contributed by atoms with E-state index in [0.29, 0.717) is 0 Å². The second-order valence-corrected chi connectivity index (χ2v) is 22.4. The summed E-state index contributed by atoms with van der Waals surface area (Å²) in [6.45, 7) is 0. The van der Waals surface area contributed by atoms with Crippen LogP contribution in [-0.4, -0.2) is 9.13 Å². The van der Waals surface area contributed by atoms with Gasteiger partial charge in [-0.3, -0.25) is 0 Å². The van der Waals surface area contributed by atoms with E-state index < -0.39 is 0 Å². The number of fused-ring (bicyclic) bond motifs is 13. The number of hydrogen-bond acceptors (Lipinski definition) is 0. The van der Waals surface area contributed by atoms with E-state index in [2.05, 4.69) is 288 Å². The Balaban J connectivity index is 0.646. The summed E-state index contributed by atoms with van der Waals surface area (Å²) in [6.07, 6.45) is 15.2. The highest BCUT2D eigenvalue weighted by atomic mass is 15.0. The first-order chi connectivity index (χ1) is 39.6. The SMILES string of the molecule is C(=Cc1ccc2c(c1)c1ccccc1n2-c1ccc2ccccc2c1)c1ccc(-c2ccc3c(c2)C2(CCCCC2)c2cc(-c4ccc(C=Cc5ccc6c(c5)c5ccccc5n6-c5ccc6ccccc6c5)cc4)ccc2-3)cc1. The van der Waals surface area contributed by atoms with Crippen molar-refractivity contribution in [1.82, 2.24) is 9.13 Å². The summed E-state index contributed by atoms with van der Waals surface area (Å²) in [5.74, 6) is 0. The maximum Gasteiger partial charge on any atom is 0.0541 e. The maximum absolute atomic E-state index is 2.54. The number of aromatic nitrogens is 2. The van der Waals surface area contributed by atoms with Crippen molar-refractivity contribution in [2.45, 2.75) is 37.5 Å². The van der Waals surface area contributed by atoms with Gasteiger partial charge >= 0.3 is 0 Å². The lowest BCUT2D eigenvalue weighted by atomic mass is 9.67. The minimum atomic E-state index is 0.0338. The predicted octanol–water partition coefficient (Wildman–Crippen LogP) is 21.1. The summed E-state index contributed by atoms with van der Waals surface area (Å²) in [4.78, 5) is 0. The molecule has 2 heteroatoms. The van der Waals surface area contributed by atoms with Gasteiger partial charge < -0.3 is 9.13 Å². The van der Waals surface area contributed by atoms with Crippen molar-refractivity contribution in [3.8, 4) is 44.8 Å². The third-order valence-corrected chi connectivity index (χ3v) is 17.9. The van der Waals surface area contributed by atoms with Crippen LogP contribution in [0.3, 0.4) is 0 Å². The predicted molar refractivity (Wildman–Crippen MR) is 341 cm³/mol. The van der Waals surface area contributed by atoms with Gasteiger partial charge in [0.05, 0.1) is 22.1 Å². The van der Waals surface area contributed by atoms with Gasteiger partial charge in [-0.05, 0) is 174 Å². The summed E-state index contributed by atoms with van der Waals surface area (Å²) < 4.78 is 4.81. The van der Waals surface area contributed by atoms with Crippen molar-refractivity contribution < 1.29 is 0 Å². The average Bonchev–Trinajstić information content (AvgIpc) is 4.17. The van der Waals surface area contributed by atoms with Gasteiger partial charge in [-0.2, -0.15) is 0 Å². The molecule has 1 saturated carbocycles. The highest BCUT2D eigenvalue weighted by molar-refractivity contribution is 6.11. The zero-order chi connectivity index (χ0) is 52.7. The fraction of sp³-hybridized carbons (Fsp3) is 0.0769. The van der Waals surface area contributed by atoms with E-state index in [-0.39, 0.29) is 5.41 Å². The van der Waals surface area contributed by atoms with Gasteiger partial charge in [0.2, 0.25) is 0 Å². The third-order valence-electron chi connectivity index (χ3n) is 17.9. The van der Waals surface area contributed by atoms with Crippen LogP contribution in [0.2, 0.25) is 0 Å². The van der Waals surface area contributed by atoms with Crippen LogP contribution in [0, 0.1) is 0 Å². The Morgan fingerprint density at radius 1 is 0.275 bits per heavy atom. The van der Waals surface area contributed by atoms with Crippen LogP contribution in [0.4, 0.5) is 0 Å². The Hall–Kier alpha value is -9.76. The summed E-state index contributed by atoms with van der Waals surface area (Å²) in [5, 5.41) is 10.1. The molecule has 12 aromatic carbocycles. The lowest BCUT2D eigenvalue weighted by Crippen LogP contribution is -2.28. The van der Waals surface area contributed by atoms with Crippen LogP contribution in [0.5, 0.6) is 0 Å². The zero-order valence-electron chi connectivity index (χ0n) is 44.5. The minimum Gasteiger partial charge on any atom is -0.309 e. The maximum atomic E-state index is 2.54. The van der Waals surface area contributed by atoms with Crippen LogP contribution in [-0.2, 0) is 5.41 Å². The van der Waals surface area contributed by atoms with Crippen LogP contribution in [0.25, 0.3) is 134 Å². The molecule has 0 bridgehead atoms. The first-order valence-corrected chi connectivity index (χ1v) is 28.5. The van der Waals surface area contributed by atoms with Gasteiger partial charge in [-0.1, -0.05) is 226 Å². The van der Waals surface area contributed by atoms with E-state index in [4.69, 9.17) is 0 Å². The van der Waals surface area contributed by atoms with Gasteiger partial charge in [0.15, 0.2) is 0 Å². The molecule has 2 aromatic heterocycles. The van der Waals surface area contributed by atoms with Crippen molar-refractivity contribution in [3.05, 3.63) is 288 Å². The van der Waals surface area contributed by atoms with Gasteiger partial charge in [-0.25, -0.2) is 0 Å². The Morgan fingerprint density at radius 3 is 1.14 bits per heavy atom. The lowest BCUT2D eigenvalue weighted by molar-refractivity contribution is 0.353. The normalized spacial score (nSPS) is 14.0. The second-order valence-electron chi connectivity index (χ2n) is 22.4. The zero-order valence-corrected chi connectivity index (χ0v) is 44.5. The number of para-hydroxylation sites is 2. The molecule has 1 spiro atoms. The highest BCUT2D eigenvalue weighted by Crippen LogP contribution is 2.57. The standard InChI is InChI=1S/C78H56N2/c1-10-44-78(45-11-1)72-50-62(58-30-24-52(25-31-58)20-22-54-28-42-76-70(46-54)68-16-6-8-18-74(68)79(76)64-38-34-56-12-2-4-14-60(56)48-64)36-40-66(72)67-41-37-63(51-73(67)78)59-32-26-53(27-33-59)21-23-55-29-43-77-71(47-55)69-17-7-9-19-75(69)80(77)65-39-35-57-13-3-5-15-61(57)49-65/h2-9,12-43,46-51H,1,10-11,44-45H2. The molecule has 16 rings (SSSR count). The van der Waals surface area contributed by atoms with E-state index in [1.807, 2.05) is 0 Å². The first-order valence-electron chi connectivity index (χ1n) is 28.5. The van der Waals surface area contributed by atoms with Crippen molar-refractivity contribution in [1.29, 1.82) is 0 Å². The fourth-order valence-electron chi connectivity index (χ4n) is 13.9. The van der Waals surface area contributed by atoms with Gasteiger partial charge in [-0.15, -0.1) is 0 Å². The molecule has 2 aliphatic rings. The molecule has 0 aliphatic heterocycles. The van der Waals surface area contributed by atoms with Crippen LogP contribution in [0.15, 0.2) is 255 Å². The Labute approximate surface area is 466 Å². The van der Waals surface area contributed by atoms with Crippen molar-refractivity contribution in [3.63, 3.8) is 0 Å². The quantitative estimate of drug-likeness (QED) is 0.134. The molecule has 0 amide bonds. The molecule has 80 heavy (non-hydrogen) atoms. The Kier molecular flexibility index (Phi) is 10.8. The Bertz CT molecular complexity index is 4540. The van der Waals surface area contributed by atoms with E-state index in [1.165, 1.54) is 175 Å². The summed E-state index contributed by atoms with van der Waals surface area (Å²) in [5.41, 5.74) is 23.0. The topological polar surface area (TPSA) is 9.86 Å². The van der Waals surface area contributed by atoms with Crippen LogP contribution in [0.1, 0.15) is 65.5 Å². The number of rotatable bonds is 8. The van der Waals surface area contributed by atoms with Crippen LogP contribution < -0.4 is 0 Å². The minimum absolute atomic E-state index is 0.0338. The molecule has 1 fully saturated rings. The first kappa shape index (κ1) is 46.3. The molecule has 0 radical (unpaired) electrons. The number of nitrogens with zero attached hydrogens (tertiary/aromatic N) is 2. The number of benzene rings is 12. The molecule has 378 valence electrons. The molecule has 0 N–H and O–H groups in total. The van der Waals surface area contributed by atoms with E-state index in [1.54, 1.807) is 0 Å². The smallest absolute Gasteiger partial charge is 0.0541 e. The van der Waals surface area contributed by atoms with Crippen LogP contribution >= 0.6 is 0 Å². The van der Waals surface area contributed by atoms with Gasteiger partial charge in [0.1, 0.15) is 0 Å². The van der Waals surface area contributed by atoms with E-state index in [9.17, 15) is 0 Å². The largest absolute Gasteiger partial charge is 0.309 e. The van der Waals surface area contributed by atoms with Crippen molar-refractivity contribution in [2.24, 2.45) is 0 Å². The van der Waals surface area contributed by atoms with E-state index in [0.717, 1.165) is 0 Å². The van der Waals surface area contributed by atoms with Crippen molar-refractivity contribution >= 4 is 89.5 Å². The molecule has 0 unspecified atom stereocenters. The summed E-state index contributed by atoms with van der Waals surface area (Å²) >= 11 is 0. The molecule has 0 saturated heterocycles. The second kappa shape index (κ2) is 18.7. The molecular weight excluding hydrogens is 965 g/mol. The summed E-state index contributed by atoms with van der Waals surface area (Å²) in [6, 6.07) is 95.0. The van der Waals surface area contributed by atoms with Crippen molar-refractivity contribution in [2.75, 3.05) is 0 Å². The molecule has 0 atom stereocenters. The molecule has 2 aliphatic carbocycles.